The second-order valence-electron chi connectivity index (χ2n) is 7.39. The van der Waals surface area contributed by atoms with Gasteiger partial charge in [0.05, 0.1) is 6.26 Å². The van der Waals surface area contributed by atoms with E-state index < -0.39 is 0 Å². The number of carbonyl (C=O) groups is 1. The van der Waals surface area contributed by atoms with Gasteiger partial charge in [0.15, 0.2) is 11.7 Å². The lowest BCUT2D eigenvalue weighted by Gasteiger charge is -2.43. The highest BCUT2D eigenvalue weighted by Gasteiger charge is 2.38. The van der Waals surface area contributed by atoms with Crippen molar-refractivity contribution >= 4 is 35.8 Å². The van der Waals surface area contributed by atoms with E-state index in [1.807, 2.05) is 6.92 Å². The molecule has 3 N–H and O–H groups in total. The second-order valence-corrected chi connectivity index (χ2v) is 7.39. The molecule has 1 fully saturated rings. The van der Waals surface area contributed by atoms with Crippen LogP contribution in [0.4, 0.5) is 0 Å². The Morgan fingerprint density at radius 2 is 1.83 bits per heavy atom. The number of hydrogen-bond donors (Lipinski definition) is 3. The van der Waals surface area contributed by atoms with Gasteiger partial charge < -0.3 is 20.4 Å². The van der Waals surface area contributed by atoms with Crippen LogP contribution in [0.2, 0.25) is 0 Å². The molecule has 1 heterocycles. The third-order valence-corrected chi connectivity index (χ3v) is 5.51. The van der Waals surface area contributed by atoms with Gasteiger partial charge in [-0.3, -0.25) is 9.79 Å². The van der Waals surface area contributed by atoms with Crippen LogP contribution in [0.3, 0.4) is 0 Å². The number of halogens is 1. The summed E-state index contributed by atoms with van der Waals surface area (Å²) < 4.78 is 5.20. The molecule has 0 bridgehead atoms. The van der Waals surface area contributed by atoms with Crippen molar-refractivity contribution in [3.8, 4) is 0 Å². The van der Waals surface area contributed by atoms with Crippen LogP contribution >= 0.6 is 24.0 Å². The molecule has 0 unspecified atom stereocenters. The van der Waals surface area contributed by atoms with E-state index in [9.17, 15) is 4.79 Å². The van der Waals surface area contributed by atoms with E-state index in [4.69, 9.17) is 4.42 Å². The average molecular weight is 510 g/mol. The molecule has 0 aliphatic heterocycles. The summed E-state index contributed by atoms with van der Waals surface area (Å²) in [6.07, 6.45) is 6.03. The van der Waals surface area contributed by atoms with Gasteiger partial charge in [-0.2, -0.15) is 0 Å². The molecule has 1 amide bonds. The lowest BCUT2D eigenvalue weighted by atomic mass is 9.64. The Hall–Kier alpha value is -2.03. The second kappa shape index (κ2) is 11.2. The normalized spacial score (nSPS) is 15.0. The molecule has 0 spiro atoms. The number of aryl methyl sites for hydroxylation is 1. The molecule has 6 nitrogen and oxygen atoms in total. The van der Waals surface area contributed by atoms with Gasteiger partial charge in [-0.1, -0.05) is 36.8 Å². The molecule has 158 valence electrons. The Bertz CT molecular complexity index is 800. The molecule has 3 rings (SSSR count). The average Bonchev–Trinajstić information content (AvgIpc) is 3.12. The number of aliphatic imine (C=N–C) groups is 1. The Balaban J connectivity index is 0.00000300. The van der Waals surface area contributed by atoms with Crippen LogP contribution in [-0.4, -0.2) is 38.5 Å². The van der Waals surface area contributed by atoms with Crippen molar-refractivity contribution in [3.05, 3.63) is 59.5 Å². The van der Waals surface area contributed by atoms with Crippen LogP contribution in [-0.2, 0) is 5.41 Å². The summed E-state index contributed by atoms with van der Waals surface area (Å²) in [4.78, 5) is 16.3. The van der Waals surface area contributed by atoms with Gasteiger partial charge in [0, 0.05) is 37.7 Å². The molecule has 1 aliphatic rings. The van der Waals surface area contributed by atoms with Crippen LogP contribution in [0, 0.1) is 6.92 Å². The molecule has 1 saturated carbocycles. The van der Waals surface area contributed by atoms with E-state index in [0.29, 0.717) is 12.3 Å². The topological polar surface area (TPSA) is 78.7 Å². The van der Waals surface area contributed by atoms with E-state index in [-0.39, 0.29) is 35.3 Å². The number of furan rings is 1. The van der Waals surface area contributed by atoms with Gasteiger partial charge in [0.25, 0.3) is 5.91 Å². The highest BCUT2D eigenvalue weighted by molar-refractivity contribution is 14.0. The summed E-state index contributed by atoms with van der Waals surface area (Å²) in [7, 11) is 1.78. The number of nitrogens with zero attached hydrogens (tertiary/aromatic N) is 1. The predicted octanol–water partition coefficient (Wildman–Crippen LogP) is 3.61. The van der Waals surface area contributed by atoms with Gasteiger partial charge in [-0.05, 0) is 37.8 Å². The van der Waals surface area contributed by atoms with Crippen LogP contribution < -0.4 is 16.0 Å². The Morgan fingerprint density at radius 1 is 1.10 bits per heavy atom. The standard InChI is InChI=1S/C22H30N4O2.HI/c1-17-10-15-28-19(17)20(27)24-13-7-14-25-21(23-2)26-16-22(11-6-12-22)18-8-4-3-5-9-18;/h3-5,8-10,15H,6-7,11-14,16H2,1-2H3,(H,24,27)(H2,23,25,26);1H. The molecule has 0 radical (unpaired) electrons. The summed E-state index contributed by atoms with van der Waals surface area (Å²) in [6, 6.07) is 12.5. The zero-order valence-electron chi connectivity index (χ0n) is 17.2. The molecule has 29 heavy (non-hydrogen) atoms. The molecular weight excluding hydrogens is 479 g/mol. The van der Waals surface area contributed by atoms with Crippen LogP contribution in [0.15, 0.2) is 52.1 Å². The summed E-state index contributed by atoms with van der Waals surface area (Å²) in [5, 5.41) is 9.68. The number of nitrogens with one attached hydrogen (secondary N) is 3. The van der Waals surface area contributed by atoms with Gasteiger partial charge >= 0.3 is 0 Å². The van der Waals surface area contributed by atoms with Crippen molar-refractivity contribution in [2.24, 2.45) is 4.99 Å². The maximum absolute atomic E-state index is 12.0. The van der Waals surface area contributed by atoms with Gasteiger partial charge in [0.1, 0.15) is 0 Å². The molecule has 2 aromatic rings. The number of hydrogen-bond acceptors (Lipinski definition) is 3. The first-order valence-electron chi connectivity index (χ1n) is 9.97. The quantitative estimate of drug-likeness (QED) is 0.220. The molecule has 1 aromatic heterocycles. The maximum Gasteiger partial charge on any atom is 0.287 e. The van der Waals surface area contributed by atoms with Crippen LogP contribution in [0.5, 0.6) is 0 Å². The molecule has 7 heteroatoms. The minimum Gasteiger partial charge on any atom is -0.459 e. The number of rotatable bonds is 8. The third kappa shape index (κ3) is 5.98. The minimum atomic E-state index is -0.167. The SMILES string of the molecule is CN=C(NCCCNC(=O)c1occc1C)NCC1(c2ccccc2)CCC1.I. The summed E-state index contributed by atoms with van der Waals surface area (Å²) in [5.74, 6) is 1.02. The highest BCUT2D eigenvalue weighted by atomic mass is 127. The lowest BCUT2D eigenvalue weighted by Crippen LogP contribution is -2.49. The monoisotopic (exact) mass is 510 g/mol. The Kier molecular flexibility index (Phi) is 9.00. The number of amides is 1. The van der Waals surface area contributed by atoms with Crippen molar-refractivity contribution in [1.82, 2.24) is 16.0 Å². The Morgan fingerprint density at radius 3 is 2.41 bits per heavy atom. The number of benzene rings is 1. The predicted molar refractivity (Wildman–Crippen MR) is 127 cm³/mol. The summed E-state index contributed by atoms with van der Waals surface area (Å²) in [6.45, 7) is 4.05. The van der Waals surface area contributed by atoms with E-state index >= 15 is 0 Å². The van der Waals surface area contributed by atoms with Crippen molar-refractivity contribution in [2.75, 3.05) is 26.7 Å². The molecule has 0 saturated heterocycles. The summed E-state index contributed by atoms with van der Waals surface area (Å²) in [5.41, 5.74) is 2.47. The highest BCUT2D eigenvalue weighted by Crippen LogP contribution is 2.43. The van der Waals surface area contributed by atoms with Crippen molar-refractivity contribution in [1.29, 1.82) is 0 Å². The van der Waals surface area contributed by atoms with Gasteiger partial charge in [0.2, 0.25) is 0 Å². The van der Waals surface area contributed by atoms with Crippen LogP contribution in [0.1, 0.15) is 47.4 Å². The first-order chi connectivity index (χ1) is 13.6. The van der Waals surface area contributed by atoms with E-state index in [0.717, 1.165) is 31.0 Å². The van der Waals surface area contributed by atoms with Crippen LogP contribution in [0.25, 0.3) is 0 Å². The first kappa shape index (κ1) is 23.3. The number of carbonyl (C=O) groups excluding carboxylic acids is 1. The lowest BCUT2D eigenvalue weighted by molar-refractivity contribution is 0.0925. The smallest absolute Gasteiger partial charge is 0.287 e. The van der Waals surface area contributed by atoms with E-state index in [1.165, 1.54) is 31.1 Å². The van der Waals surface area contributed by atoms with E-state index in [2.05, 4.69) is 51.3 Å². The number of guanidine groups is 1. The maximum atomic E-state index is 12.0. The largest absolute Gasteiger partial charge is 0.459 e. The fourth-order valence-corrected chi connectivity index (χ4v) is 3.62. The molecule has 0 atom stereocenters. The van der Waals surface area contributed by atoms with E-state index in [1.54, 1.807) is 13.1 Å². The Labute approximate surface area is 190 Å². The summed E-state index contributed by atoms with van der Waals surface area (Å²) >= 11 is 0. The fraction of sp³-hybridized carbons (Fsp3) is 0.455. The van der Waals surface area contributed by atoms with Crippen molar-refractivity contribution in [2.45, 2.75) is 38.0 Å². The van der Waals surface area contributed by atoms with Crippen molar-refractivity contribution in [3.63, 3.8) is 0 Å². The first-order valence-corrected chi connectivity index (χ1v) is 9.97. The molecular formula is C22H31IN4O2. The zero-order valence-corrected chi connectivity index (χ0v) is 19.5. The fourth-order valence-electron chi connectivity index (χ4n) is 3.62. The van der Waals surface area contributed by atoms with Gasteiger partial charge in [-0.25, -0.2) is 0 Å². The third-order valence-electron chi connectivity index (χ3n) is 5.51. The zero-order chi connectivity index (χ0) is 19.8. The molecule has 1 aromatic carbocycles. The van der Waals surface area contributed by atoms with Gasteiger partial charge in [-0.15, -0.1) is 24.0 Å². The minimum absolute atomic E-state index is 0. The molecule has 1 aliphatic carbocycles. The van der Waals surface area contributed by atoms with Crippen molar-refractivity contribution < 1.29 is 9.21 Å².